The molecule has 0 radical (unpaired) electrons. The summed E-state index contributed by atoms with van der Waals surface area (Å²) in [5.74, 6) is 0.381. The lowest BCUT2D eigenvalue weighted by atomic mass is 10.1. The molecular weight excluding hydrogens is 282 g/mol. The fourth-order valence-electron chi connectivity index (χ4n) is 2.35. The molecule has 0 bridgehead atoms. The van der Waals surface area contributed by atoms with Gasteiger partial charge in [-0.15, -0.1) is 0 Å². The van der Waals surface area contributed by atoms with Gasteiger partial charge in [-0.05, 0) is 26.3 Å². The molecule has 2 heterocycles. The first-order valence-electron chi connectivity index (χ1n) is 6.99. The molecule has 0 aliphatic rings. The number of carbonyl (C=O) groups excluding carboxylic acids is 2. The summed E-state index contributed by atoms with van der Waals surface area (Å²) in [7, 11) is 0. The van der Waals surface area contributed by atoms with E-state index in [9.17, 15) is 9.59 Å². The van der Waals surface area contributed by atoms with Crippen molar-refractivity contribution in [2.45, 2.75) is 20.8 Å². The Morgan fingerprint density at radius 1 is 1.23 bits per heavy atom. The van der Waals surface area contributed by atoms with Crippen molar-refractivity contribution in [2.24, 2.45) is 0 Å². The minimum Gasteiger partial charge on any atom is -0.367 e. The number of Topliss-reactive ketones (excluding diaryl/α,β-unsaturated/α-hetero) is 1. The molecule has 0 saturated heterocycles. The first-order valence-corrected chi connectivity index (χ1v) is 6.99. The highest BCUT2D eigenvalue weighted by Crippen LogP contribution is 2.18. The standard InChI is InChI=1S/C15H19N5O2/c1-9-13(11(3)21)10(2)20-14(9)15(22)19-7-6-18-12-8-16-4-5-17-12/h4-5,8,20H,6-7H2,1-3H3,(H,17,18)(H,19,22). The predicted octanol–water partition coefficient (Wildman–Crippen LogP) is 1.47. The number of hydrogen-bond donors (Lipinski definition) is 3. The van der Waals surface area contributed by atoms with Crippen molar-refractivity contribution < 1.29 is 9.59 Å². The van der Waals surface area contributed by atoms with E-state index >= 15 is 0 Å². The molecule has 0 unspecified atom stereocenters. The number of aryl methyl sites for hydroxylation is 1. The second-order valence-corrected chi connectivity index (χ2v) is 4.95. The topological polar surface area (TPSA) is 99.8 Å². The van der Waals surface area contributed by atoms with Crippen molar-refractivity contribution in [3.05, 3.63) is 41.1 Å². The molecule has 2 aromatic rings. The second kappa shape index (κ2) is 6.84. The van der Waals surface area contributed by atoms with Gasteiger partial charge in [-0.2, -0.15) is 0 Å². The van der Waals surface area contributed by atoms with E-state index in [2.05, 4.69) is 25.6 Å². The maximum Gasteiger partial charge on any atom is 0.268 e. The fraction of sp³-hybridized carbons (Fsp3) is 0.333. The van der Waals surface area contributed by atoms with Crippen molar-refractivity contribution in [1.82, 2.24) is 20.3 Å². The van der Waals surface area contributed by atoms with E-state index in [0.717, 1.165) is 0 Å². The molecule has 0 fully saturated rings. The average molecular weight is 301 g/mol. The summed E-state index contributed by atoms with van der Waals surface area (Å²) in [6, 6.07) is 0. The van der Waals surface area contributed by atoms with Crippen LogP contribution in [-0.2, 0) is 0 Å². The monoisotopic (exact) mass is 301 g/mol. The predicted molar refractivity (Wildman–Crippen MR) is 83.1 cm³/mol. The third-order valence-electron chi connectivity index (χ3n) is 3.30. The van der Waals surface area contributed by atoms with Crippen LogP contribution in [-0.4, -0.2) is 39.7 Å². The largest absolute Gasteiger partial charge is 0.367 e. The Hall–Kier alpha value is -2.70. The van der Waals surface area contributed by atoms with Crippen LogP contribution in [0.5, 0.6) is 0 Å². The third-order valence-corrected chi connectivity index (χ3v) is 3.30. The molecule has 0 aliphatic carbocycles. The number of hydrogen-bond acceptors (Lipinski definition) is 5. The highest BCUT2D eigenvalue weighted by Gasteiger charge is 2.19. The first-order chi connectivity index (χ1) is 10.5. The van der Waals surface area contributed by atoms with Gasteiger partial charge in [0.25, 0.3) is 5.91 Å². The van der Waals surface area contributed by atoms with E-state index < -0.39 is 0 Å². The molecule has 0 aromatic carbocycles. The van der Waals surface area contributed by atoms with Crippen LogP contribution in [0.1, 0.15) is 39.0 Å². The van der Waals surface area contributed by atoms with Gasteiger partial charge in [0, 0.05) is 36.7 Å². The summed E-state index contributed by atoms with van der Waals surface area (Å²) < 4.78 is 0. The maximum absolute atomic E-state index is 12.2. The molecule has 2 aromatic heterocycles. The van der Waals surface area contributed by atoms with Gasteiger partial charge in [-0.25, -0.2) is 4.98 Å². The van der Waals surface area contributed by atoms with Crippen molar-refractivity contribution in [1.29, 1.82) is 0 Å². The molecule has 3 N–H and O–H groups in total. The molecule has 1 amide bonds. The molecule has 0 saturated carbocycles. The summed E-state index contributed by atoms with van der Waals surface area (Å²) in [4.78, 5) is 34.7. The number of H-pyrrole nitrogens is 1. The van der Waals surface area contributed by atoms with Crippen molar-refractivity contribution in [2.75, 3.05) is 18.4 Å². The molecule has 116 valence electrons. The van der Waals surface area contributed by atoms with E-state index in [4.69, 9.17) is 0 Å². The number of carbonyl (C=O) groups is 2. The van der Waals surface area contributed by atoms with E-state index in [-0.39, 0.29) is 11.7 Å². The number of anilines is 1. The Labute approximate surface area is 128 Å². The van der Waals surface area contributed by atoms with Crippen LogP contribution in [0, 0.1) is 13.8 Å². The number of nitrogens with zero attached hydrogens (tertiary/aromatic N) is 2. The van der Waals surface area contributed by atoms with Crippen LogP contribution in [0.2, 0.25) is 0 Å². The van der Waals surface area contributed by atoms with Gasteiger partial charge in [0.15, 0.2) is 5.78 Å². The van der Waals surface area contributed by atoms with Gasteiger partial charge in [-0.3, -0.25) is 14.6 Å². The number of ketones is 1. The first kappa shape index (κ1) is 15.7. The molecule has 7 heteroatoms. The Bertz CT molecular complexity index is 679. The minimum absolute atomic E-state index is 0.0466. The highest BCUT2D eigenvalue weighted by atomic mass is 16.2. The van der Waals surface area contributed by atoms with Crippen LogP contribution in [0.25, 0.3) is 0 Å². The maximum atomic E-state index is 12.2. The van der Waals surface area contributed by atoms with Crippen molar-refractivity contribution >= 4 is 17.5 Å². The summed E-state index contributed by atoms with van der Waals surface area (Å²) in [6.07, 6.45) is 4.80. The summed E-state index contributed by atoms with van der Waals surface area (Å²) in [6.45, 7) is 6.02. The molecular formula is C15H19N5O2. The quantitative estimate of drug-likeness (QED) is 0.554. The SMILES string of the molecule is CC(=O)c1c(C)[nH]c(C(=O)NCCNc2cnccn2)c1C. The number of rotatable bonds is 6. The summed E-state index contributed by atoms with van der Waals surface area (Å²) >= 11 is 0. The van der Waals surface area contributed by atoms with Gasteiger partial charge in [0.05, 0.1) is 6.20 Å². The Balaban J connectivity index is 1.90. The number of amides is 1. The van der Waals surface area contributed by atoms with Crippen LogP contribution in [0.15, 0.2) is 18.6 Å². The minimum atomic E-state index is -0.228. The molecule has 0 atom stereocenters. The summed E-state index contributed by atoms with van der Waals surface area (Å²) in [5, 5.41) is 5.85. The second-order valence-electron chi connectivity index (χ2n) is 4.95. The van der Waals surface area contributed by atoms with Gasteiger partial charge in [0.1, 0.15) is 11.5 Å². The van der Waals surface area contributed by atoms with Gasteiger partial charge < -0.3 is 15.6 Å². The number of aromatic nitrogens is 3. The number of nitrogens with one attached hydrogen (secondary N) is 3. The zero-order valence-corrected chi connectivity index (χ0v) is 12.9. The highest BCUT2D eigenvalue weighted by molar-refractivity contribution is 6.02. The smallest absolute Gasteiger partial charge is 0.268 e. The lowest BCUT2D eigenvalue weighted by molar-refractivity contribution is 0.0950. The van der Waals surface area contributed by atoms with E-state index in [1.54, 1.807) is 32.4 Å². The molecule has 0 spiro atoms. The van der Waals surface area contributed by atoms with Gasteiger partial charge in [0.2, 0.25) is 0 Å². The van der Waals surface area contributed by atoms with Gasteiger partial charge >= 0.3 is 0 Å². The fourth-order valence-corrected chi connectivity index (χ4v) is 2.35. The Morgan fingerprint density at radius 3 is 2.59 bits per heavy atom. The molecule has 7 nitrogen and oxygen atoms in total. The average Bonchev–Trinajstić information content (AvgIpc) is 2.79. The lowest BCUT2D eigenvalue weighted by Crippen LogP contribution is -2.29. The van der Waals surface area contributed by atoms with Crippen LogP contribution in [0.3, 0.4) is 0 Å². The van der Waals surface area contributed by atoms with E-state index in [0.29, 0.717) is 41.4 Å². The van der Waals surface area contributed by atoms with E-state index in [1.807, 2.05) is 0 Å². The van der Waals surface area contributed by atoms with Crippen LogP contribution >= 0.6 is 0 Å². The summed E-state index contributed by atoms with van der Waals surface area (Å²) in [5.41, 5.74) is 2.42. The van der Waals surface area contributed by atoms with Gasteiger partial charge in [-0.1, -0.05) is 0 Å². The molecule has 22 heavy (non-hydrogen) atoms. The zero-order valence-electron chi connectivity index (χ0n) is 12.9. The van der Waals surface area contributed by atoms with E-state index in [1.165, 1.54) is 6.92 Å². The Kier molecular flexibility index (Phi) is 4.88. The lowest BCUT2D eigenvalue weighted by Gasteiger charge is -2.07. The van der Waals surface area contributed by atoms with Crippen molar-refractivity contribution in [3.63, 3.8) is 0 Å². The normalized spacial score (nSPS) is 10.3. The zero-order chi connectivity index (χ0) is 16.1. The van der Waals surface area contributed by atoms with Crippen LogP contribution < -0.4 is 10.6 Å². The van der Waals surface area contributed by atoms with Crippen LogP contribution in [0.4, 0.5) is 5.82 Å². The molecule has 0 aliphatic heterocycles. The number of aromatic amines is 1. The van der Waals surface area contributed by atoms with Crippen molar-refractivity contribution in [3.8, 4) is 0 Å². The molecule has 2 rings (SSSR count). The Morgan fingerprint density at radius 2 is 2.00 bits per heavy atom. The third kappa shape index (κ3) is 3.49.